The van der Waals surface area contributed by atoms with Crippen LogP contribution < -0.4 is 11.1 Å². The quantitative estimate of drug-likeness (QED) is 0.814. The molecule has 3 N–H and O–H groups in total. The second kappa shape index (κ2) is 6.99. The average molecular weight is 249 g/mol. The Hall–Kier alpha value is -1.58. The van der Waals surface area contributed by atoms with Crippen molar-refractivity contribution in [2.45, 2.75) is 46.5 Å². The summed E-state index contributed by atoms with van der Waals surface area (Å²) in [6.45, 7) is 6.08. The van der Waals surface area contributed by atoms with Gasteiger partial charge >= 0.3 is 0 Å². The number of nitrogens with one attached hydrogen (secondary N) is 1. The molecule has 100 valence electrons. The van der Waals surface area contributed by atoms with Crippen molar-refractivity contribution in [3.8, 4) is 0 Å². The Balaban J connectivity index is 2.64. The van der Waals surface area contributed by atoms with Crippen molar-refractivity contribution in [3.05, 3.63) is 17.8 Å². The third-order valence-electron chi connectivity index (χ3n) is 3.17. The Morgan fingerprint density at radius 1 is 1.50 bits per heavy atom. The topological polar surface area (TPSA) is 68.0 Å². The third-order valence-corrected chi connectivity index (χ3v) is 3.17. The molecule has 0 radical (unpaired) electrons. The highest BCUT2D eigenvalue weighted by molar-refractivity contribution is 5.91. The zero-order valence-electron chi connectivity index (χ0n) is 11.5. The molecule has 0 saturated heterocycles. The Bertz CT molecular complexity index is 404. The number of anilines is 2. The average Bonchev–Trinajstić information content (AvgIpc) is 2.35. The van der Waals surface area contributed by atoms with Gasteiger partial charge in [0, 0.05) is 5.92 Å². The minimum absolute atomic E-state index is 0.0580. The molecule has 0 aromatic carbocycles. The van der Waals surface area contributed by atoms with E-state index >= 15 is 0 Å². The molecule has 0 spiro atoms. The summed E-state index contributed by atoms with van der Waals surface area (Å²) in [7, 11) is 0. The minimum Gasteiger partial charge on any atom is -0.397 e. The standard InChI is InChI=1S/C14H23N3O/c1-4-6-7-11(5-2)14(18)17-13-8-10(3)12(15)9-16-13/h8-9,11H,4-7,15H2,1-3H3,(H,16,17,18). The van der Waals surface area contributed by atoms with Gasteiger partial charge < -0.3 is 11.1 Å². The lowest BCUT2D eigenvalue weighted by molar-refractivity contribution is -0.120. The molecule has 1 heterocycles. The van der Waals surface area contributed by atoms with Crippen LogP contribution in [0.5, 0.6) is 0 Å². The molecule has 0 aliphatic rings. The molecule has 4 heteroatoms. The second-order valence-electron chi connectivity index (χ2n) is 4.66. The van der Waals surface area contributed by atoms with Crippen LogP contribution >= 0.6 is 0 Å². The number of carbonyl (C=O) groups is 1. The molecule has 18 heavy (non-hydrogen) atoms. The smallest absolute Gasteiger partial charge is 0.228 e. The molecule has 1 atom stereocenters. The Labute approximate surface area is 109 Å². The van der Waals surface area contributed by atoms with E-state index in [1.165, 1.54) is 0 Å². The maximum atomic E-state index is 12.1. The first-order valence-electron chi connectivity index (χ1n) is 6.61. The summed E-state index contributed by atoms with van der Waals surface area (Å²) < 4.78 is 0. The van der Waals surface area contributed by atoms with Gasteiger partial charge in [-0.15, -0.1) is 0 Å². The molecule has 1 aromatic rings. The van der Waals surface area contributed by atoms with E-state index in [9.17, 15) is 4.79 Å². The van der Waals surface area contributed by atoms with Crippen LogP contribution in [0.1, 0.15) is 45.1 Å². The number of pyridine rings is 1. The first kappa shape index (κ1) is 14.5. The number of amides is 1. The molecule has 0 aliphatic carbocycles. The highest BCUT2D eigenvalue weighted by atomic mass is 16.1. The first-order chi connectivity index (χ1) is 8.58. The van der Waals surface area contributed by atoms with Crippen molar-refractivity contribution in [1.82, 2.24) is 4.98 Å². The number of aryl methyl sites for hydroxylation is 1. The number of aromatic nitrogens is 1. The lowest BCUT2D eigenvalue weighted by Crippen LogP contribution is -2.23. The van der Waals surface area contributed by atoms with Crippen molar-refractivity contribution in [2.24, 2.45) is 5.92 Å². The van der Waals surface area contributed by atoms with Gasteiger partial charge in [-0.05, 0) is 31.4 Å². The monoisotopic (exact) mass is 249 g/mol. The first-order valence-corrected chi connectivity index (χ1v) is 6.61. The molecular formula is C14H23N3O. The number of hydrogen-bond donors (Lipinski definition) is 2. The van der Waals surface area contributed by atoms with E-state index in [1.54, 1.807) is 12.3 Å². The molecule has 1 amide bonds. The van der Waals surface area contributed by atoms with Gasteiger partial charge in [0.2, 0.25) is 5.91 Å². The van der Waals surface area contributed by atoms with Crippen LogP contribution in [0.3, 0.4) is 0 Å². The van der Waals surface area contributed by atoms with Crippen LogP contribution in [-0.2, 0) is 4.79 Å². The summed E-state index contributed by atoms with van der Waals surface area (Å²) >= 11 is 0. The Kier molecular flexibility index (Phi) is 5.62. The van der Waals surface area contributed by atoms with Crippen LogP contribution in [0.25, 0.3) is 0 Å². The second-order valence-corrected chi connectivity index (χ2v) is 4.66. The summed E-state index contributed by atoms with van der Waals surface area (Å²) in [5, 5.41) is 2.86. The lowest BCUT2D eigenvalue weighted by atomic mass is 9.98. The van der Waals surface area contributed by atoms with Gasteiger partial charge in [-0.1, -0.05) is 26.7 Å². The summed E-state index contributed by atoms with van der Waals surface area (Å²) in [4.78, 5) is 16.2. The maximum Gasteiger partial charge on any atom is 0.228 e. The van der Waals surface area contributed by atoms with Gasteiger partial charge in [0.1, 0.15) is 5.82 Å². The van der Waals surface area contributed by atoms with Crippen molar-refractivity contribution >= 4 is 17.4 Å². The van der Waals surface area contributed by atoms with Gasteiger partial charge in [0.05, 0.1) is 11.9 Å². The number of hydrogen-bond acceptors (Lipinski definition) is 3. The van der Waals surface area contributed by atoms with Gasteiger partial charge in [-0.3, -0.25) is 4.79 Å². The molecule has 1 rings (SSSR count). The highest BCUT2D eigenvalue weighted by Gasteiger charge is 2.16. The zero-order chi connectivity index (χ0) is 13.5. The van der Waals surface area contributed by atoms with Crippen molar-refractivity contribution in [3.63, 3.8) is 0 Å². The van der Waals surface area contributed by atoms with Crippen LogP contribution in [0.4, 0.5) is 11.5 Å². The van der Waals surface area contributed by atoms with E-state index in [0.29, 0.717) is 11.5 Å². The van der Waals surface area contributed by atoms with E-state index in [4.69, 9.17) is 5.73 Å². The SMILES string of the molecule is CCCCC(CC)C(=O)Nc1cc(C)c(N)cn1. The number of nitrogens with two attached hydrogens (primary N) is 1. The third kappa shape index (κ3) is 4.02. The van der Waals surface area contributed by atoms with Crippen LogP contribution in [0.2, 0.25) is 0 Å². The predicted octanol–water partition coefficient (Wildman–Crippen LogP) is 3.13. The van der Waals surface area contributed by atoms with Crippen LogP contribution in [0.15, 0.2) is 12.3 Å². The van der Waals surface area contributed by atoms with Gasteiger partial charge in [-0.2, -0.15) is 0 Å². The molecule has 0 saturated carbocycles. The lowest BCUT2D eigenvalue weighted by Gasteiger charge is -2.14. The number of carbonyl (C=O) groups excluding carboxylic acids is 1. The van der Waals surface area contributed by atoms with Gasteiger partial charge in [0.25, 0.3) is 0 Å². The fraction of sp³-hybridized carbons (Fsp3) is 0.571. The fourth-order valence-electron chi connectivity index (χ4n) is 1.83. The van der Waals surface area contributed by atoms with E-state index in [-0.39, 0.29) is 11.8 Å². The Morgan fingerprint density at radius 2 is 2.22 bits per heavy atom. The molecule has 4 nitrogen and oxygen atoms in total. The van der Waals surface area contributed by atoms with Crippen molar-refractivity contribution in [1.29, 1.82) is 0 Å². The van der Waals surface area contributed by atoms with Crippen molar-refractivity contribution < 1.29 is 4.79 Å². The zero-order valence-corrected chi connectivity index (χ0v) is 11.5. The molecular weight excluding hydrogens is 226 g/mol. The highest BCUT2D eigenvalue weighted by Crippen LogP contribution is 2.17. The molecule has 0 aliphatic heterocycles. The van der Waals surface area contributed by atoms with E-state index < -0.39 is 0 Å². The van der Waals surface area contributed by atoms with Gasteiger partial charge in [0.15, 0.2) is 0 Å². The largest absolute Gasteiger partial charge is 0.397 e. The number of rotatable bonds is 6. The van der Waals surface area contributed by atoms with E-state index in [1.807, 2.05) is 13.8 Å². The molecule has 1 unspecified atom stereocenters. The summed E-state index contributed by atoms with van der Waals surface area (Å²) in [6, 6.07) is 1.81. The van der Waals surface area contributed by atoms with Crippen LogP contribution in [-0.4, -0.2) is 10.9 Å². The van der Waals surface area contributed by atoms with E-state index in [2.05, 4.69) is 17.2 Å². The normalized spacial score (nSPS) is 12.2. The molecule has 0 bridgehead atoms. The Morgan fingerprint density at radius 3 is 2.78 bits per heavy atom. The summed E-state index contributed by atoms with van der Waals surface area (Å²) in [5.41, 5.74) is 7.27. The van der Waals surface area contributed by atoms with Gasteiger partial charge in [-0.25, -0.2) is 4.98 Å². The molecule has 0 fully saturated rings. The molecule has 1 aromatic heterocycles. The number of nitrogens with zero attached hydrogens (tertiary/aromatic N) is 1. The van der Waals surface area contributed by atoms with Crippen molar-refractivity contribution in [2.75, 3.05) is 11.1 Å². The number of unbranched alkanes of at least 4 members (excludes halogenated alkanes) is 1. The fourth-order valence-corrected chi connectivity index (χ4v) is 1.83. The van der Waals surface area contributed by atoms with Crippen LogP contribution in [0, 0.1) is 12.8 Å². The summed E-state index contributed by atoms with van der Waals surface area (Å²) in [6.07, 6.45) is 5.58. The van der Waals surface area contributed by atoms with E-state index in [0.717, 1.165) is 31.2 Å². The predicted molar refractivity (Wildman–Crippen MR) is 75.3 cm³/mol. The summed E-state index contributed by atoms with van der Waals surface area (Å²) in [5.74, 6) is 0.717. The number of nitrogen functional groups attached to an aromatic ring is 1. The maximum absolute atomic E-state index is 12.1. The minimum atomic E-state index is 0.0580.